The second-order valence-corrected chi connectivity index (χ2v) is 5.06. The minimum atomic E-state index is 0.0503. The van der Waals surface area contributed by atoms with Crippen LogP contribution >= 0.6 is 0 Å². The Morgan fingerprint density at radius 1 is 1.10 bits per heavy atom. The molecule has 20 heavy (non-hydrogen) atoms. The molecule has 0 saturated heterocycles. The first kappa shape index (κ1) is 11.2. The molecule has 2 heterocycles. The van der Waals surface area contributed by atoms with E-state index in [4.69, 9.17) is 0 Å². The fourth-order valence-corrected chi connectivity index (χ4v) is 2.82. The summed E-state index contributed by atoms with van der Waals surface area (Å²) < 4.78 is 1.73. The molecule has 0 radical (unpaired) electrons. The Bertz CT molecular complexity index is 835. The van der Waals surface area contributed by atoms with Gasteiger partial charge in [-0.1, -0.05) is 24.3 Å². The van der Waals surface area contributed by atoms with Gasteiger partial charge in [0, 0.05) is 18.7 Å². The molecule has 1 aromatic heterocycles. The van der Waals surface area contributed by atoms with Gasteiger partial charge in [0.2, 0.25) is 0 Å². The van der Waals surface area contributed by atoms with Gasteiger partial charge in [-0.2, -0.15) is 5.10 Å². The number of anilines is 1. The summed E-state index contributed by atoms with van der Waals surface area (Å²) in [6.07, 6.45) is 1.71. The topological polar surface area (TPSA) is 38.1 Å². The standard InChI is InChI=1S/C16H13N3O/c1-18-15(6-7-17-18)19-10-13-8-11-4-2-3-5-12(11)9-14(13)16(19)20/h2-9H,10H2,1H3. The summed E-state index contributed by atoms with van der Waals surface area (Å²) in [7, 11) is 1.85. The van der Waals surface area contributed by atoms with Gasteiger partial charge < -0.3 is 0 Å². The molecule has 1 aliphatic rings. The van der Waals surface area contributed by atoms with Gasteiger partial charge in [-0.05, 0) is 28.5 Å². The van der Waals surface area contributed by atoms with Gasteiger partial charge in [0.15, 0.2) is 0 Å². The number of fused-ring (bicyclic) bond motifs is 2. The Balaban J connectivity index is 1.86. The predicted molar refractivity (Wildman–Crippen MR) is 77.7 cm³/mol. The van der Waals surface area contributed by atoms with E-state index in [1.807, 2.05) is 37.4 Å². The number of carbonyl (C=O) groups is 1. The van der Waals surface area contributed by atoms with Crippen molar-refractivity contribution in [2.45, 2.75) is 6.54 Å². The Morgan fingerprint density at radius 2 is 1.85 bits per heavy atom. The molecule has 4 rings (SSSR count). The zero-order chi connectivity index (χ0) is 13.7. The molecule has 0 spiro atoms. The number of nitrogens with zero attached hydrogens (tertiary/aromatic N) is 3. The van der Waals surface area contributed by atoms with Crippen LogP contribution in [0.4, 0.5) is 5.82 Å². The molecule has 0 atom stereocenters. The minimum Gasteiger partial charge on any atom is -0.288 e. The summed E-state index contributed by atoms with van der Waals surface area (Å²) in [6.45, 7) is 0.610. The molecule has 4 heteroatoms. The molecule has 1 aliphatic heterocycles. The number of aryl methyl sites for hydroxylation is 1. The zero-order valence-corrected chi connectivity index (χ0v) is 11.1. The van der Waals surface area contributed by atoms with Gasteiger partial charge in [0.1, 0.15) is 5.82 Å². The van der Waals surface area contributed by atoms with E-state index in [0.717, 1.165) is 22.3 Å². The van der Waals surface area contributed by atoms with Gasteiger partial charge in [-0.25, -0.2) is 0 Å². The highest BCUT2D eigenvalue weighted by atomic mass is 16.2. The van der Waals surface area contributed by atoms with E-state index in [9.17, 15) is 4.79 Å². The van der Waals surface area contributed by atoms with Crippen molar-refractivity contribution < 1.29 is 4.79 Å². The van der Waals surface area contributed by atoms with Gasteiger partial charge in [0.25, 0.3) is 5.91 Å². The average molecular weight is 263 g/mol. The molecule has 0 N–H and O–H groups in total. The molecule has 2 aromatic carbocycles. The molecular weight excluding hydrogens is 250 g/mol. The summed E-state index contributed by atoms with van der Waals surface area (Å²) in [5.41, 5.74) is 1.87. The molecule has 0 unspecified atom stereocenters. The molecule has 98 valence electrons. The van der Waals surface area contributed by atoms with Gasteiger partial charge in [0.05, 0.1) is 12.7 Å². The Hall–Kier alpha value is -2.62. The number of hydrogen-bond acceptors (Lipinski definition) is 2. The highest BCUT2D eigenvalue weighted by molar-refractivity contribution is 6.11. The van der Waals surface area contributed by atoms with E-state index in [2.05, 4.69) is 17.2 Å². The zero-order valence-electron chi connectivity index (χ0n) is 11.1. The van der Waals surface area contributed by atoms with Gasteiger partial charge >= 0.3 is 0 Å². The van der Waals surface area contributed by atoms with E-state index in [1.165, 1.54) is 5.39 Å². The predicted octanol–water partition coefficient (Wildman–Crippen LogP) is 2.73. The van der Waals surface area contributed by atoms with E-state index < -0.39 is 0 Å². The van der Waals surface area contributed by atoms with Crippen LogP contribution in [0, 0.1) is 0 Å². The second kappa shape index (κ2) is 3.93. The molecular formula is C16H13N3O. The number of hydrogen-bond donors (Lipinski definition) is 0. The largest absolute Gasteiger partial charge is 0.288 e. The van der Waals surface area contributed by atoms with Crippen molar-refractivity contribution in [3.8, 4) is 0 Å². The third-order valence-electron chi connectivity index (χ3n) is 3.85. The third kappa shape index (κ3) is 1.48. The van der Waals surface area contributed by atoms with Gasteiger partial charge in [-0.3, -0.25) is 14.4 Å². The SMILES string of the molecule is Cn1nccc1N1Cc2cc3ccccc3cc2C1=O. The van der Waals surface area contributed by atoms with Crippen LogP contribution in [0.3, 0.4) is 0 Å². The number of aromatic nitrogens is 2. The summed E-state index contributed by atoms with van der Waals surface area (Å²) >= 11 is 0. The van der Waals surface area contributed by atoms with E-state index >= 15 is 0 Å². The van der Waals surface area contributed by atoms with Crippen LogP contribution in [0.5, 0.6) is 0 Å². The van der Waals surface area contributed by atoms with Crippen molar-refractivity contribution in [3.63, 3.8) is 0 Å². The maximum atomic E-state index is 12.6. The molecule has 0 aliphatic carbocycles. The molecule has 0 fully saturated rings. The van der Waals surface area contributed by atoms with Crippen molar-refractivity contribution in [2.75, 3.05) is 4.90 Å². The first-order chi connectivity index (χ1) is 9.74. The lowest BCUT2D eigenvalue weighted by Gasteiger charge is -2.14. The lowest BCUT2D eigenvalue weighted by Crippen LogP contribution is -2.25. The summed E-state index contributed by atoms with van der Waals surface area (Å²) in [4.78, 5) is 14.4. The number of carbonyl (C=O) groups excluding carboxylic acids is 1. The smallest absolute Gasteiger partial charge is 0.260 e. The highest BCUT2D eigenvalue weighted by Gasteiger charge is 2.30. The van der Waals surface area contributed by atoms with Crippen LogP contribution in [-0.2, 0) is 13.6 Å². The molecule has 4 nitrogen and oxygen atoms in total. The van der Waals surface area contributed by atoms with E-state index in [1.54, 1.807) is 15.8 Å². The summed E-state index contributed by atoms with van der Waals surface area (Å²) in [6, 6.07) is 14.1. The average Bonchev–Trinajstić information content (AvgIpc) is 3.01. The molecule has 3 aromatic rings. The Kier molecular flexibility index (Phi) is 2.21. The minimum absolute atomic E-state index is 0.0503. The van der Waals surface area contributed by atoms with Crippen molar-refractivity contribution in [2.24, 2.45) is 7.05 Å². The van der Waals surface area contributed by atoms with Crippen LogP contribution < -0.4 is 4.90 Å². The van der Waals surface area contributed by atoms with Crippen molar-refractivity contribution in [1.29, 1.82) is 0 Å². The first-order valence-electron chi connectivity index (χ1n) is 6.55. The number of amides is 1. The highest BCUT2D eigenvalue weighted by Crippen LogP contribution is 2.30. The number of benzene rings is 2. The second-order valence-electron chi connectivity index (χ2n) is 5.06. The fourth-order valence-electron chi connectivity index (χ4n) is 2.82. The third-order valence-corrected chi connectivity index (χ3v) is 3.85. The van der Waals surface area contributed by atoms with Crippen molar-refractivity contribution in [3.05, 3.63) is 59.8 Å². The van der Waals surface area contributed by atoms with Gasteiger partial charge in [-0.15, -0.1) is 0 Å². The van der Waals surface area contributed by atoms with Crippen LogP contribution in [0.25, 0.3) is 10.8 Å². The molecule has 1 amide bonds. The maximum absolute atomic E-state index is 12.6. The first-order valence-corrected chi connectivity index (χ1v) is 6.55. The van der Waals surface area contributed by atoms with Crippen LogP contribution in [0.15, 0.2) is 48.7 Å². The normalized spacial score (nSPS) is 14.1. The van der Waals surface area contributed by atoms with Crippen LogP contribution in [0.2, 0.25) is 0 Å². The Labute approximate surface area is 116 Å². The number of rotatable bonds is 1. The van der Waals surface area contributed by atoms with Crippen LogP contribution in [0.1, 0.15) is 15.9 Å². The summed E-state index contributed by atoms with van der Waals surface area (Å²) in [5, 5.41) is 6.41. The molecule has 0 saturated carbocycles. The van der Waals surface area contributed by atoms with Crippen molar-refractivity contribution >= 4 is 22.5 Å². The lowest BCUT2D eigenvalue weighted by molar-refractivity contribution is 0.0995. The van der Waals surface area contributed by atoms with Crippen molar-refractivity contribution in [1.82, 2.24) is 9.78 Å². The van der Waals surface area contributed by atoms with E-state index in [-0.39, 0.29) is 5.91 Å². The lowest BCUT2D eigenvalue weighted by atomic mass is 10.0. The maximum Gasteiger partial charge on any atom is 0.260 e. The quantitative estimate of drug-likeness (QED) is 0.677. The Morgan fingerprint density at radius 3 is 2.55 bits per heavy atom. The monoisotopic (exact) mass is 263 g/mol. The molecule has 0 bridgehead atoms. The van der Waals surface area contributed by atoms with Crippen LogP contribution in [-0.4, -0.2) is 15.7 Å². The fraction of sp³-hybridized carbons (Fsp3) is 0.125. The summed E-state index contributed by atoms with van der Waals surface area (Å²) in [5.74, 6) is 0.879. The van der Waals surface area contributed by atoms with E-state index in [0.29, 0.717) is 6.54 Å².